The second-order valence-electron chi connectivity index (χ2n) is 33.0. The number of halogens is 3. The van der Waals surface area contributed by atoms with E-state index in [9.17, 15) is 26.7 Å². The molecule has 130 heavy (non-hydrogen) atoms. The van der Waals surface area contributed by atoms with Gasteiger partial charge in [0, 0.05) is 90.2 Å². The topological polar surface area (TPSA) is 149 Å². The molecule has 2 heterocycles. The minimum atomic E-state index is -5.84. The van der Waals surface area contributed by atoms with Gasteiger partial charge in [-0.3, -0.25) is 9.88 Å². The molecule has 0 saturated heterocycles. The Morgan fingerprint density at radius 2 is 0.723 bits per heavy atom. The number of hydrogen-bond acceptors (Lipinski definition) is 13. The summed E-state index contributed by atoms with van der Waals surface area (Å²) in [5.74, 6) is 1.79. The number of nitrogens with one attached hydrogen (secondary N) is 1. The number of benzene rings is 16. The van der Waals surface area contributed by atoms with E-state index in [1.165, 1.54) is 97.9 Å². The number of ether oxygens (including phenoxy) is 1. The van der Waals surface area contributed by atoms with Crippen LogP contribution >= 0.6 is 7.92 Å². The molecule has 648 valence electrons. The fourth-order valence-corrected chi connectivity index (χ4v) is 21.7. The first-order valence-corrected chi connectivity index (χ1v) is 46.7. The van der Waals surface area contributed by atoms with E-state index in [4.69, 9.17) is 14.7 Å². The van der Waals surface area contributed by atoms with Crippen molar-refractivity contribution in [3.63, 3.8) is 0 Å². The van der Waals surface area contributed by atoms with Gasteiger partial charge in [0.05, 0.1) is 29.9 Å². The predicted octanol–water partition coefficient (Wildman–Crippen LogP) is 26.5. The molecule has 2 aliphatic rings. The van der Waals surface area contributed by atoms with E-state index < -0.39 is 27.2 Å². The molecule has 2 fully saturated rings. The molecular formula is C111H101F3N8NaO5PS. The number of hydrogen-bond donors (Lipinski definition) is 1. The van der Waals surface area contributed by atoms with Gasteiger partial charge in [-0.2, -0.15) is 26.6 Å². The molecule has 0 atom stereocenters. The summed E-state index contributed by atoms with van der Waals surface area (Å²) in [5.41, 5.74) is 12.6. The van der Waals surface area contributed by atoms with Crippen LogP contribution in [0.2, 0.25) is 0 Å². The first-order valence-electron chi connectivity index (χ1n) is 43.9. The summed E-state index contributed by atoms with van der Waals surface area (Å²) < 4.78 is 69.9. The molecule has 2 saturated carbocycles. The molecule has 0 aliphatic heterocycles. The van der Waals surface area contributed by atoms with E-state index in [1.54, 1.807) is 38.2 Å². The van der Waals surface area contributed by atoms with E-state index in [1.807, 2.05) is 98.2 Å². The Kier molecular flexibility index (Phi) is 30.1. The first-order chi connectivity index (χ1) is 62.8. The summed E-state index contributed by atoms with van der Waals surface area (Å²) in [6, 6.07) is 126. The quantitative estimate of drug-likeness (QED) is 0.0286. The SMILES string of the molecule is CC(C)(C)[O-].COc1cccc(C)c1-c1ccccc1P(C1CCCCC1)C1CCCCC1.O=S(=O)(Oc1ncc2c3ccccc3c3ccccc3c2n1)C(F)(F)F.[Na+].c1ccc(N(c2ccccc2)c2ccc(N(c3ccccc3)c3cnc4c5ccccc5c5ccccc5c4n3)cc2)cc1.c1ccc(Nc2ccc(N(c3ccccc3)c3ccccc3)cc2)cc1. The molecule has 16 aromatic carbocycles. The minimum Gasteiger partial charge on any atom is -0.850 e. The summed E-state index contributed by atoms with van der Waals surface area (Å²) in [4.78, 5) is 24.6. The Labute approximate surface area is 782 Å². The Balaban J connectivity index is 0.000000134. The van der Waals surface area contributed by atoms with Crippen LogP contribution in [-0.4, -0.2) is 57.9 Å². The van der Waals surface area contributed by atoms with Crippen molar-refractivity contribution in [2.45, 2.75) is 114 Å². The molecule has 0 bridgehead atoms. The molecule has 18 aromatic rings. The maximum atomic E-state index is 12.5. The van der Waals surface area contributed by atoms with Crippen molar-refractivity contribution in [1.82, 2.24) is 19.9 Å². The Bertz CT molecular complexity index is 6740. The molecule has 1 N–H and O–H groups in total. The van der Waals surface area contributed by atoms with Crippen molar-refractivity contribution < 1.29 is 65.2 Å². The average Bonchev–Trinajstić information content (AvgIpc) is 0.744. The number of nitrogens with zero attached hydrogens (tertiary/aromatic N) is 7. The number of fused-ring (bicyclic) bond motifs is 12. The zero-order valence-electron chi connectivity index (χ0n) is 73.8. The van der Waals surface area contributed by atoms with Gasteiger partial charge < -0.3 is 29.1 Å². The van der Waals surface area contributed by atoms with Crippen LogP contribution in [0.25, 0.3) is 76.2 Å². The van der Waals surface area contributed by atoms with Crippen LogP contribution in [-0.2, 0) is 10.1 Å². The normalized spacial score (nSPS) is 13.0. The fourth-order valence-electron chi connectivity index (χ4n) is 17.4. The monoisotopic (exact) mass is 1770 g/mol. The number of aryl methyl sites for hydroxylation is 1. The largest absolute Gasteiger partial charge is 1.00 e. The summed E-state index contributed by atoms with van der Waals surface area (Å²) >= 11 is 0. The standard InChI is InChI=1S/C40H28N4.C26H35OP.C24H20N2.C17H9F3N2O3S.C4H9O.Na/c1-4-14-29(15-5-1)43(30-16-6-2-7-17-30)32-24-26-33(27-25-32)44(31-18-8-3-9-19-31)38-28-41-39-36-22-12-10-20-34(36)35-21-11-13-23-37(35)40(39)42-38;1-20-12-11-18-24(27-2)26(20)23-17-9-10-19-25(23)28(21-13-5-3-6-14-21)22-15-7-4-8-16-22;1-4-10-20(11-5-1)25-21-16-18-24(19-17-21)26(22-12-6-2-7-13-22)23-14-8-3-9-15-23;18-17(19,20)26(23,24)25-16-21-9-14-12-7-2-1-5-10(12)11-6-3-4-8-13(11)15(14)22-16;1-4(2,3)5;/h1-28H;9-12,17-19,21-22H,3-8,13-16H2,1-2H3;1-19,25H;1-9H;1-3H3;/q;;;;-1;+1. The van der Waals surface area contributed by atoms with Crippen LogP contribution in [0.15, 0.2) is 382 Å². The molecule has 0 radical (unpaired) electrons. The second kappa shape index (κ2) is 42.6. The van der Waals surface area contributed by atoms with Crippen molar-refractivity contribution in [2.75, 3.05) is 27.1 Å². The van der Waals surface area contributed by atoms with Gasteiger partial charge in [-0.25, -0.2) is 9.97 Å². The zero-order valence-corrected chi connectivity index (χ0v) is 77.5. The van der Waals surface area contributed by atoms with Gasteiger partial charge in [0.25, 0.3) is 0 Å². The van der Waals surface area contributed by atoms with Gasteiger partial charge in [-0.05, 0) is 215 Å². The van der Waals surface area contributed by atoms with Crippen LogP contribution in [0.3, 0.4) is 0 Å². The molecule has 19 heteroatoms. The molecule has 0 spiro atoms. The van der Waals surface area contributed by atoms with Gasteiger partial charge in [-0.15, -0.1) is 5.60 Å². The van der Waals surface area contributed by atoms with Gasteiger partial charge >= 0.3 is 51.2 Å². The van der Waals surface area contributed by atoms with E-state index in [0.717, 1.165) is 118 Å². The van der Waals surface area contributed by atoms with Crippen molar-refractivity contribution in [1.29, 1.82) is 0 Å². The Hall–Kier alpha value is -12.8. The number of anilines is 11. The smallest absolute Gasteiger partial charge is 0.850 e. The zero-order chi connectivity index (χ0) is 89.3. The summed E-state index contributed by atoms with van der Waals surface area (Å²) in [7, 11) is -4.15. The summed E-state index contributed by atoms with van der Waals surface area (Å²) in [6.07, 6.45) is 17.6. The Morgan fingerprint density at radius 3 is 1.16 bits per heavy atom. The Morgan fingerprint density at radius 1 is 0.377 bits per heavy atom. The average molecular weight is 1770 g/mol. The number of rotatable bonds is 18. The first kappa shape index (κ1) is 91.9. The van der Waals surface area contributed by atoms with Crippen molar-refractivity contribution in [2.24, 2.45) is 0 Å². The number of alkyl halides is 3. The van der Waals surface area contributed by atoms with Crippen molar-refractivity contribution in [3.8, 4) is 22.9 Å². The molecule has 20 rings (SSSR count). The van der Waals surface area contributed by atoms with Crippen LogP contribution in [0, 0.1) is 6.92 Å². The predicted molar refractivity (Wildman–Crippen MR) is 528 cm³/mol. The van der Waals surface area contributed by atoms with E-state index in [0.29, 0.717) is 16.3 Å². The van der Waals surface area contributed by atoms with E-state index >= 15 is 0 Å². The number of methoxy groups -OCH3 is 1. The number of aromatic nitrogens is 4. The van der Waals surface area contributed by atoms with Crippen LogP contribution < -0.4 is 68.9 Å². The fraction of sp³-hybridized carbons (Fsp3) is 0.171. The maximum Gasteiger partial charge on any atom is 1.00 e. The van der Waals surface area contributed by atoms with Gasteiger partial charge in [0.2, 0.25) is 0 Å². The molecule has 0 amide bonds. The van der Waals surface area contributed by atoms with Gasteiger partial charge in [0.15, 0.2) is 5.82 Å². The van der Waals surface area contributed by atoms with Gasteiger partial charge in [0.1, 0.15) is 5.75 Å². The van der Waals surface area contributed by atoms with E-state index in [2.05, 4.69) is 314 Å². The summed E-state index contributed by atoms with van der Waals surface area (Å²) in [6.45, 7) is 7.13. The van der Waals surface area contributed by atoms with Gasteiger partial charge in [-0.1, -0.05) is 310 Å². The third kappa shape index (κ3) is 21.8. The van der Waals surface area contributed by atoms with Crippen molar-refractivity contribution >= 4 is 151 Å². The van der Waals surface area contributed by atoms with Crippen LogP contribution in [0.5, 0.6) is 11.8 Å². The number of para-hydroxylation sites is 6. The molecule has 2 aromatic heterocycles. The summed E-state index contributed by atoms with van der Waals surface area (Å²) in [5, 5.41) is 23.6. The third-order valence-electron chi connectivity index (χ3n) is 23.0. The van der Waals surface area contributed by atoms with Crippen LogP contribution in [0.1, 0.15) is 90.5 Å². The molecular weight excluding hydrogens is 1670 g/mol. The molecule has 13 nitrogen and oxygen atoms in total. The second-order valence-corrected chi connectivity index (χ2v) is 37.3. The van der Waals surface area contributed by atoms with E-state index in [-0.39, 0.29) is 37.5 Å². The molecule has 2 aliphatic carbocycles. The minimum absolute atomic E-state index is 0. The maximum absolute atomic E-state index is 12.5. The molecule has 0 unspecified atom stereocenters. The van der Waals surface area contributed by atoms with Crippen LogP contribution in [0.4, 0.5) is 75.9 Å². The van der Waals surface area contributed by atoms with Crippen molar-refractivity contribution in [3.05, 3.63) is 388 Å². The third-order valence-corrected chi connectivity index (χ3v) is 27.5.